The molecule has 2 rings (SSSR count). The molecule has 5 heteroatoms. The van der Waals surface area contributed by atoms with E-state index in [1.807, 2.05) is 0 Å². The Kier molecular flexibility index (Phi) is 3.10. The number of amides is 1. The van der Waals surface area contributed by atoms with Crippen LogP contribution in [0.15, 0.2) is 18.2 Å². The molecule has 1 aliphatic rings. The van der Waals surface area contributed by atoms with E-state index in [9.17, 15) is 9.59 Å². The minimum absolute atomic E-state index is 0.0592. The molecule has 1 amide bonds. The molecule has 17 heavy (non-hydrogen) atoms. The summed E-state index contributed by atoms with van der Waals surface area (Å²) in [5.74, 6) is -0.475. The van der Waals surface area contributed by atoms with Crippen LogP contribution in [-0.4, -0.2) is 37.2 Å². The lowest BCUT2D eigenvalue weighted by Crippen LogP contribution is -2.29. The minimum atomic E-state index is -0.416. The van der Waals surface area contributed by atoms with Crippen molar-refractivity contribution in [3.05, 3.63) is 29.3 Å². The summed E-state index contributed by atoms with van der Waals surface area (Å²) >= 11 is 0. The van der Waals surface area contributed by atoms with Crippen molar-refractivity contribution in [2.75, 3.05) is 25.2 Å². The van der Waals surface area contributed by atoms with Crippen LogP contribution < -0.4 is 4.90 Å². The molecule has 1 aromatic rings. The number of aliphatic hydroxyl groups excluding tert-OH is 1. The molecule has 90 valence electrons. The quantitative estimate of drug-likeness (QED) is 0.768. The summed E-state index contributed by atoms with van der Waals surface area (Å²) in [6, 6.07) is 4.99. The fraction of sp³-hybridized carbons (Fsp3) is 0.333. The summed E-state index contributed by atoms with van der Waals surface area (Å²) in [5.41, 5.74) is 1.99. The van der Waals surface area contributed by atoms with Crippen molar-refractivity contribution in [3.63, 3.8) is 0 Å². The highest BCUT2D eigenvalue weighted by Gasteiger charge is 2.27. The standard InChI is InChI=1S/C12H13NO4/c1-17-12(16)8-2-3-10-9(6-8)7-11(15)13(10)4-5-14/h2-3,6,14H,4-5,7H2,1H3. The molecule has 0 fully saturated rings. The first-order valence-electron chi connectivity index (χ1n) is 5.30. The monoisotopic (exact) mass is 235 g/mol. The second kappa shape index (κ2) is 4.55. The zero-order valence-electron chi connectivity index (χ0n) is 9.47. The number of ether oxygens (including phenoxy) is 1. The highest BCUT2D eigenvalue weighted by molar-refractivity contribution is 6.02. The van der Waals surface area contributed by atoms with E-state index < -0.39 is 5.97 Å². The van der Waals surface area contributed by atoms with Crippen LogP contribution in [0.4, 0.5) is 5.69 Å². The van der Waals surface area contributed by atoms with Crippen LogP contribution in [-0.2, 0) is 16.0 Å². The fourth-order valence-corrected chi connectivity index (χ4v) is 1.97. The van der Waals surface area contributed by atoms with E-state index in [4.69, 9.17) is 5.11 Å². The number of nitrogens with zero attached hydrogens (tertiary/aromatic N) is 1. The lowest BCUT2D eigenvalue weighted by Gasteiger charge is -2.15. The van der Waals surface area contributed by atoms with Gasteiger partial charge in [-0.3, -0.25) is 4.79 Å². The SMILES string of the molecule is COC(=O)c1ccc2c(c1)CC(=O)N2CCO. The van der Waals surface area contributed by atoms with E-state index in [0.717, 1.165) is 11.3 Å². The molecule has 0 bridgehead atoms. The van der Waals surface area contributed by atoms with Gasteiger partial charge < -0.3 is 14.7 Å². The summed E-state index contributed by atoms with van der Waals surface area (Å²) < 4.78 is 4.62. The molecule has 0 aromatic heterocycles. The van der Waals surface area contributed by atoms with Crippen LogP contribution >= 0.6 is 0 Å². The number of carbonyl (C=O) groups is 2. The molecular formula is C12H13NO4. The Balaban J connectivity index is 2.34. The van der Waals surface area contributed by atoms with Gasteiger partial charge >= 0.3 is 5.97 Å². The molecule has 0 unspecified atom stereocenters. The zero-order chi connectivity index (χ0) is 12.4. The van der Waals surface area contributed by atoms with Crippen molar-refractivity contribution in [2.45, 2.75) is 6.42 Å². The van der Waals surface area contributed by atoms with Crippen molar-refractivity contribution >= 4 is 17.6 Å². The maximum atomic E-state index is 11.7. The molecule has 0 saturated heterocycles. The first kappa shape index (κ1) is 11.6. The van der Waals surface area contributed by atoms with E-state index in [1.54, 1.807) is 18.2 Å². The number of rotatable bonds is 3. The average Bonchev–Trinajstić information content (AvgIpc) is 2.64. The average molecular weight is 235 g/mol. The number of anilines is 1. The van der Waals surface area contributed by atoms with Crippen molar-refractivity contribution < 1.29 is 19.4 Å². The molecule has 1 aromatic carbocycles. The molecule has 1 N–H and O–H groups in total. The van der Waals surface area contributed by atoms with Gasteiger partial charge in [0, 0.05) is 12.2 Å². The van der Waals surface area contributed by atoms with Gasteiger partial charge in [-0.15, -0.1) is 0 Å². The molecule has 0 atom stereocenters. The zero-order valence-corrected chi connectivity index (χ0v) is 9.47. The molecule has 0 spiro atoms. The number of carbonyl (C=O) groups excluding carboxylic acids is 2. The van der Waals surface area contributed by atoms with Gasteiger partial charge in [-0.2, -0.15) is 0 Å². The van der Waals surface area contributed by atoms with Gasteiger partial charge in [0.25, 0.3) is 0 Å². The minimum Gasteiger partial charge on any atom is -0.465 e. The lowest BCUT2D eigenvalue weighted by molar-refractivity contribution is -0.117. The Bertz CT molecular complexity index is 470. The number of methoxy groups -OCH3 is 1. The van der Waals surface area contributed by atoms with Gasteiger partial charge in [0.15, 0.2) is 0 Å². The number of hydrogen-bond donors (Lipinski definition) is 1. The van der Waals surface area contributed by atoms with Crippen molar-refractivity contribution in [3.8, 4) is 0 Å². The Morgan fingerprint density at radius 3 is 2.94 bits per heavy atom. The first-order valence-corrected chi connectivity index (χ1v) is 5.30. The van der Waals surface area contributed by atoms with E-state index in [-0.39, 0.29) is 25.5 Å². The van der Waals surface area contributed by atoms with Crippen LogP contribution in [0.3, 0.4) is 0 Å². The largest absolute Gasteiger partial charge is 0.465 e. The molecule has 5 nitrogen and oxygen atoms in total. The summed E-state index contributed by atoms with van der Waals surface area (Å²) in [4.78, 5) is 24.5. The highest BCUT2D eigenvalue weighted by atomic mass is 16.5. The van der Waals surface area contributed by atoms with E-state index in [0.29, 0.717) is 5.56 Å². The van der Waals surface area contributed by atoms with Crippen molar-refractivity contribution in [2.24, 2.45) is 0 Å². The summed E-state index contributed by atoms with van der Waals surface area (Å²) in [6.07, 6.45) is 0.264. The second-order valence-corrected chi connectivity index (χ2v) is 3.78. The molecule has 1 heterocycles. The van der Waals surface area contributed by atoms with Gasteiger partial charge in [-0.25, -0.2) is 4.79 Å². The highest BCUT2D eigenvalue weighted by Crippen LogP contribution is 2.29. The Hall–Kier alpha value is -1.88. The number of fused-ring (bicyclic) bond motifs is 1. The third-order valence-corrected chi connectivity index (χ3v) is 2.76. The molecule has 1 aliphatic heterocycles. The number of hydrogen-bond acceptors (Lipinski definition) is 4. The number of aliphatic hydroxyl groups is 1. The number of esters is 1. The summed E-state index contributed by atoms with van der Waals surface area (Å²) in [7, 11) is 1.32. The first-order chi connectivity index (χ1) is 8.17. The van der Waals surface area contributed by atoms with Crippen molar-refractivity contribution in [1.29, 1.82) is 0 Å². The lowest BCUT2D eigenvalue weighted by atomic mass is 10.1. The normalized spacial score (nSPS) is 13.8. The maximum absolute atomic E-state index is 11.7. The predicted molar refractivity (Wildman–Crippen MR) is 60.9 cm³/mol. The van der Waals surface area contributed by atoms with Crippen LogP contribution in [0.5, 0.6) is 0 Å². The molecule has 0 saturated carbocycles. The topological polar surface area (TPSA) is 66.8 Å². The fourth-order valence-electron chi connectivity index (χ4n) is 1.97. The van der Waals surface area contributed by atoms with Crippen LogP contribution in [0.25, 0.3) is 0 Å². The molecule has 0 radical (unpaired) electrons. The van der Waals surface area contributed by atoms with Crippen LogP contribution in [0.1, 0.15) is 15.9 Å². The van der Waals surface area contributed by atoms with Crippen LogP contribution in [0, 0.1) is 0 Å². The molecular weight excluding hydrogens is 222 g/mol. The van der Waals surface area contributed by atoms with E-state index >= 15 is 0 Å². The number of benzene rings is 1. The van der Waals surface area contributed by atoms with Gasteiger partial charge in [0.05, 0.1) is 25.7 Å². The van der Waals surface area contributed by atoms with Gasteiger partial charge in [-0.1, -0.05) is 0 Å². The van der Waals surface area contributed by atoms with Gasteiger partial charge in [-0.05, 0) is 23.8 Å². The Morgan fingerprint density at radius 2 is 2.29 bits per heavy atom. The predicted octanol–water partition coefficient (Wildman–Crippen LogP) is 0.355. The summed E-state index contributed by atoms with van der Waals surface area (Å²) in [5, 5.41) is 8.88. The summed E-state index contributed by atoms with van der Waals surface area (Å²) in [6.45, 7) is 0.202. The third kappa shape index (κ3) is 2.01. The van der Waals surface area contributed by atoms with Crippen LogP contribution in [0.2, 0.25) is 0 Å². The van der Waals surface area contributed by atoms with Gasteiger partial charge in [0.1, 0.15) is 0 Å². The smallest absolute Gasteiger partial charge is 0.337 e. The van der Waals surface area contributed by atoms with Gasteiger partial charge in [0.2, 0.25) is 5.91 Å². The molecule has 0 aliphatic carbocycles. The Morgan fingerprint density at radius 1 is 1.53 bits per heavy atom. The Labute approximate surface area is 98.6 Å². The van der Waals surface area contributed by atoms with E-state index in [1.165, 1.54) is 12.0 Å². The van der Waals surface area contributed by atoms with Crippen molar-refractivity contribution in [1.82, 2.24) is 0 Å². The maximum Gasteiger partial charge on any atom is 0.337 e. The van der Waals surface area contributed by atoms with E-state index in [2.05, 4.69) is 4.74 Å². The number of β-amino-alcohol motifs (C(OH)–C–C–N with tert-alkyl or cyclic N) is 1. The third-order valence-electron chi connectivity index (χ3n) is 2.76. The second-order valence-electron chi connectivity index (χ2n) is 3.78.